The third-order valence-corrected chi connectivity index (χ3v) is 3.35. The predicted octanol–water partition coefficient (Wildman–Crippen LogP) is 2.70. The van der Waals surface area contributed by atoms with Crippen molar-refractivity contribution >= 4 is 0 Å². The van der Waals surface area contributed by atoms with Crippen LogP contribution >= 0.6 is 0 Å². The van der Waals surface area contributed by atoms with Crippen LogP contribution in [0.4, 0.5) is 0 Å². The summed E-state index contributed by atoms with van der Waals surface area (Å²) in [5.41, 5.74) is 11.1. The Morgan fingerprint density at radius 1 is 1.10 bits per heavy atom. The number of benzene rings is 2. The number of rotatable bonds is 3. The molecular formula is C16H16N4. The van der Waals surface area contributed by atoms with Gasteiger partial charge in [-0.1, -0.05) is 41.6 Å². The normalized spacial score (nSPS) is 10.7. The fraction of sp³-hybridized carbons (Fsp3) is 0.125. The first-order valence-corrected chi connectivity index (χ1v) is 6.55. The highest BCUT2D eigenvalue weighted by atomic mass is 15.4. The lowest BCUT2D eigenvalue weighted by Crippen LogP contribution is -2.01. The zero-order chi connectivity index (χ0) is 13.9. The van der Waals surface area contributed by atoms with E-state index in [0.29, 0.717) is 6.54 Å². The van der Waals surface area contributed by atoms with E-state index in [0.717, 1.165) is 22.5 Å². The van der Waals surface area contributed by atoms with E-state index in [1.165, 1.54) is 5.56 Å². The van der Waals surface area contributed by atoms with Crippen LogP contribution in [0.15, 0.2) is 54.7 Å². The van der Waals surface area contributed by atoms with Crippen molar-refractivity contribution < 1.29 is 0 Å². The summed E-state index contributed by atoms with van der Waals surface area (Å²) in [7, 11) is 0. The number of para-hydroxylation sites is 1. The van der Waals surface area contributed by atoms with E-state index in [-0.39, 0.29) is 0 Å². The molecule has 0 aliphatic heterocycles. The first kappa shape index (κ1) is 12.6. The lowest BCUT2D eigenvalue weighted by molar-refractivity contribution is 0.807. The molecule has 20 heavy (non-hydrogen) atoms. The van der Waals surface area contributed by atoms with Gasteiger partial charge in [-0.05, 0) is 30.2 Å². The second kappa shape index (κ2) is 5.27. The third kappa shape index (κ3) is 2.21. The number of hydrogen-bond acceptors (Lipinski definition) is 3. The van der Waals surface area contributed by atoms with Crippen molar-refractivity contribution in [3.05, 3.63) is 65.9 Å². The first-order valence-electron chi connectivity index (χ1n) is 6.55. The molecular weight excluding hydrogens is 248 g/mol. The minimum atomic E-state index is 0.553. The van der Waals surface area contributed by atoms with E-state index in [1.807, 2.05) is 41.1 Å². The van der Waals surface area contributed by atoms with Crippen LogP contribution in [0.25, 0.3) is 16.9 Å². The van der Waals surface area contributed by atoms with Gasteiger partial charge in [0, 0.05) is 12.1 Å². The van der Waals surface area contributed by atoms with Crippen LogP contribution in [-0.2, 0) is 6.54 Å². The third-order valence-electron chi connectivity index (χ3n) is 3.35. The Kier molecular flexibility index (Phi) is 3.31. The van der Waals surface area contributed by atoms with Crippen molar-refractivity contribution in [2.45, 2.75) is 13.5 Å². The number of aromatic nitrogens is 3. The van der Waals surface area contributed by atoms with Crippen LogP contribution < -0.4 is 5.73 Å². The quantitative estimate of drug-likeness (QED) is 0.791. The zero-order valence-corrected chi connectivity index (χ0v) is 11.3. The Hall–Kier alpha value is -2.46. The van der Waals surface area contributed by atoms with Crippen molar-refractivity contribution in [1.82, 2.24) is 15.0 Å². The Morgan fingerprint density at radius 2 is 1.90 bits per heavy atom. The second-order valence-corrected chi connectivity index (χ2v) is 4.72. The molecule has 0 spiro atoms. The van der Waals surface area contributed by atoms with Crippen LogP contribution in [0.1, 0.15) is 11.1 Å². The monoisotopic (exact) mass is 264 g/mol. The van der Waals surface area contributed by atoms with Gasteiger partial charge in [-0.2, -0.15) is 0 Å². The molecule has 0 unspecified atom stereocenters. The molecule has 1 aromatic heterocycles. The summed E-state index contributed by atoms with van der Waals surface area (Å²) in [4.78, 5) is 0. The van der Waals surface area contributed by atoms with Gasteiger partial charge in [0.25, 0.3) is 0 Å². The summed E-state index contributed by atoms with van der Waals surface area (Å²) in [5.74, 6) is 0. The minimum Gasteiger partial charge on any atom is -0.326 e. The van der Waals surface area contributed by atoms with Crippen LogP contribution in [0.3, 0.4) is 0 Å². The van der Waals surface area contributed by atoms with Gasteiger partial charge in [-0.15, -0.1) is 5.10 Å². The summed E-state index contributed by atoms with van der Waals surface area (Å²) in [6.07, 6.45) is 1.79. The fourth-order valence-corrected chi connectivity index (χ4v) is 2.32. The molecule has 3 rings (SSSR count). The van der Waals surface area contributed by atoms with Crippen LogP contribution in [0.2, 0.25) is 0 Å². The molecule has 2 aromatic carbocycles. The van der Waals surface area contributed by atoms with Crippen molar-refractivity contribution in [3.8, 4) is 16.9 Å². The number of nitrogens with zero attached hydrogens (tertiary/aromatic N) is 3. The van der Waals surface area contributed by atoms with Gasteiger partial charge in [0.15, 0.2) is 0 Å². The SMILES string of the molecule is Cc1cc(CN)ccc1-c1cnnn1-c1ccccc1. The molecule has 0 aliphatic rings. The Labute approximate surface area is 117 Å². The van der Waals surface area contributed by atoms with Gasteiger partial charge in [-0.25, -0.2) is 4.68 Å². The van der Waals surface area contributed by atoms with Gasteiger partial charge < -0.3 is 5.73 Å². The molecule has 0 saturated carbocycles. The zero-order valence-electron chi connectivity index (χ0n) is 11.3. The van der Waals surface area contributed by atoms with Crippen molar-refractivity contribution in [2.24, 2.45) is 5.73 Å². The lowest BCUT2D eigenvalue weighted by Gasteiger charge is -2.10. The molecule has 0 atom stereocenters. The van der Waals surface area contributed by atoms with E-state index in [4.69, 9.17) is 5.73 Å². The number of nitrogens with two attached hydrogens (primary N) is 1. The largest absolute Gasteiger partial charge is 0.326 e. The fourth-order valence-electron chi connectivity index (χ4n) is 2.32. The first-order chi connectivity index (χ1) is 9.79. The average Bonchev–Trinajstić information content (AvgIpc) is 2.97. The maximum atomic E-state index is 5.68. The lowest BCUT2D eigenvalue weighted by atomic mass is 10.0. The summed E-state index contributed by atoms with van der Waals surface area (Å²) in [6.45, 7) is 2.63. The highest BCUT2D eigenvalue weighted by Crippen LogP contribution is 2.25. The molecule has 0 aliphatic carbocycles. The van der Waals surface area contributed by atoms with Crippen molar-refractivity contribution in [2.75, 3.05) is 0 Å². The highest BCUT2D eigenvalue weighted by molar-refractivity contribution is 5.65. The standard InChI is InChI=1S/C16H16N4/c1-12-9-13(10-17)7-8-15(12)16-11-18-19-20(16)14-5-3-2-4-6-14/h2-9,11H,10,17H2,1H3. The molecule has 1 heterocycles. The van der Waals surface area contributed by atoms with E-state index in [1.54, 1.807) is 6.20 Å². The van der Waals surface area contributed by atoms with Gasteiger partial charge in [0.2, 0.25) is 0 Å². The molecule has 0 amide bonds. The Balaban J connectivity index is 2.11. The average molecular weight is 264 g/mol. The second-order valence-electron chi connectivity index (χ2n) is 4.72. The van der Waals surface area contributed by atoms with E-state index in [9.17, 15) is 0 Å². The summed E-state index contributed by atoms with van der Waals surface area (Å²) < 4.78 is 1.85. The van der Waals surface area contributed by atoms with Gasteiger partial charge in [0.05, 0.1) is 17.6 Å². The molecule has 3 aromatic rings. The van der Waals surface area contributed by atoms with Gasteiger partial charge >= 0.3 is 0 Å². The molecule has 0 radical (unpaired) electrons. The van der Waals surface area contributed by atoms with E-state index in [2.05, 4.69) is 29.4 Å². The topological polar surface area (TPSA) is 56.7 Å². The molecule has 0 fully saturated rings. The van der Waals surface area contributed by atoms with Crippen LogP contribution in [0, 0.1) is 6.92 Å². The van der Waals surface area contributed by atoms with E-state index < -0.39 is 0 Å². The van der Waals surface area contributed by atoms with Crippen LogP contribution in [0.5, 0.6) is 0 Å². The number of aryl methyl sites for hydroxylation is 1. The summed E-state index contributed by atoms with van der Waals surface area (Å²) in [6, 6.07) is 16.2. The highest BCUT2D eigenvalue weighted by Gasteiger charge is 2.10. The van der Waals surface area contributed by atoms with Gasteiger partial charge in [0.1, 0.15) is 0 Å². The maximum absolute atomic E-state index is 5.68. The predicted molar refractivity (Wildman–Crippen MR) is 79.4 cm³/mol. The molecule has 4 nitrogen and oxygen atoms in total. The Bertz CT molecular complexity index is 716. The summed E-state index contributed by atoms with van der Waals surface area (Å²) in [5, 5.41) is 8.24. The molecule has 0 bridgehead atoms. The molecule has 4 heteroatoms. The molecule has 0 saturated heterocycles. The van der Waals surface area contributed by atoms with Crippen molar-refractivity contribution in [3.63, 3.8) is 0 Å². The summed E-state index contributed by atoms with van der Waals surface area (Å²) >= 11 is 0. The Morgan fingerprint density at radius 3 is 2.60 bits per heavy atom. The smallest absolute Gasteiger partial charge is 0.0946 e. The van der Waals surface area contributed by atoms with Gasteiger partial charge in [-0.3, -0.25) is 0 Å². The minimum absolute atomic E-state index is 0.553. The molecule has 100 valence electrons. The van der Waals surface area contributed by atoms with Crippen molar-refractivity contribution in [1.29, 1.82) is 0 Å². The van der Waals surface area contributed by atoms with E-state index >= 15 is 0 Å². The number of hydrogen-bond donors (Lipinski definition) is 1. The molecule has 2 N–H and O–H groups in total. The maximum Gasteiger partial charge on any atom is 0.0946 e. The van der Waals surface area contributed by atoms with Crippen LogP contribution in [-0.4, -0.2) is 15.0 Å².